The Morgan fingerprint density at radius 2 is 2.08 bits per heavy atom. The quantitative estimate of drug-likeness (QED) is 0.878. The number of hydrogen-bond acceptors (Lipinski definition) is 4. The monoisotopic (exact) mass is 340 g/mol. The van der Waals surface area contributed by atoms with Gasteiger partial charge in [-0.05, 0) is 56.8 Å². The summed E-state index contributed by atoms with van der Waals surface area (Å²) in [4.78, 5) is 15.3. The molecule has 0 spiro atoms. The number of nitrogens with zero attached hydrogens (tertiary/aromatic N) is 3. The lowest BCUT2D eigenvalue weighted by Gasteiger charge is -2.26. The summed E-state index contributed by atoms with van der Waals surface area (Å²) in [7, 11) is 1.63. The molecule has 6 heteroatoms. The highest BCUT2D eigenvalue weighted by Crippen LogP contribution is 2.37. The standard InChI is InChI=1S/C19H24N4O2/c1-25-17-12-15(11-16(13-17)23-10-4-7-20-23)21-19(24)18(14-5-6-14)22-8-2-3-9-22/h4,7,10-14,18H,2-3,5-6,8-9H2,1H3,(H,21,24). The normalized spacial score (nSPS) is 18.9. The van der Waals surface area contributed by atoms with Crippen molar-refractivity contribution in [3.8, 4) is 11.4 Å². The minimum absolute atomic E-state index is 0.00172. The number of nitrogens with one attached hydrogen (secondary N) is 1. The first-order valence-corrected chi connectivity index (χ1v) is 8.98. The van der Waals surface area contributed by atoms with Gasteiger partial charge in [0.1, 0.15) is 5.75 Å². The first-order valence-electron chi connectivity index (χ1n) is 8.98. The first kappa shape index (κ1) is 16.1. The van der Waals surface area contributed by atoms with Crippen LogP contribution in [0.2, 0.25) is 0 Å². The molecule has 1 atom stereocenters. The predicted molar refractivity (Wildman–Crippen MR) is 96.1 cm³/mol. The molecule has 1 aromatic heterocycles. The Morgan fingerprint density at radius 1 is 1.28 bits per heavy atom. The molecule has 1 amide bonds. The Labute approximate surface area is 147 Å². The van der Waals surface area contributed by atoms with E-state index in [1.165, 1.54) is 12.8 Å². The summed E-state index contributed by atoms with van der Waals surface area (Å²) in [5.41, 5.74) is 1.61. The van der Waals surface area contributed by atoms with Crippen molar-refractivity contribution in [1.82, 2.24) is 14.7 Å². The number of amides is 1. The van der Waals surface area contributed by atoms with Gasteiger partial charge in [-0.1, -0.05) is 0 Å². The number of carbonyl (C=O) groups excluding carboxylic acids is 1. The van der Waals surface area contributed by atoms with Crippen LogP contribution in [0.25, 0.3) is 5.69 Å². The molecule has 1 aliphatic carbocycles. The number of rotatable bonds is 6. The van der Waals surface area contributed by atoms with E-state index in [1.807, 2.05) is 30.5 Å². The van der Waals surface area contributed by atoms with E-state index >= 15 is 0 Å². The molecular formula is C19H24N4O2. The highest BCUT2D eigenvalue weighted by atomic mass is 16.5. The van der Waals surface area contributed by atoms with Crippen LogP contribution in [0.4, 0.5) is 5.69 Å². The summed E-state index contributed by atoms with van der Waals surface area (Å²) in [5, 5.41) is 7.37. The van der Waals surface area contributed by atoms with E-state index in [0.717, 1.165) is 37.3 Å². The van der Waals surface area contributed by atoms with Crippen molar-refractivity contribution in [2.24, 2.45) is 5.92 Å². The number of carbonyl (C=O) groups is 1. The van der Waals surface area contributed by atoms with Crippen molar-refractivity contribution in [3.63, 3.8) is 0 Å². The van der Waals surface area contributed by atoms with Crippen molar-refractivity contribution in [2.75, 3.05) is 25.5 Å². The maximum absolute atomic E-state index is 13.0. The Morgan fingerprint density at radius 3 is 2.72 bits per heavy atom. The number of benzene rings is 1. The Kier molecular flexibility index (Phi) is 4.44. The average Bonchev–Trinajstić information content (AvgIpc) is 3.09. The van der Waals surface area contributed by atoms with Crippen LogP contribution in [0.1, 0.15) is 25.7 Å². The van der Waals surface area contributed by atoms with Crippen LogP contribution in [0.5, 0.6) is 5.75 Å². The highest BCUT2D eigenvalue weighted by molar-refractivity contribution is 5.95. The second-order valence-electron chi connectivity index (χ2n) is 6.88. The van der Waals surface area contributed by atoms with E-state index in [4.69, 9.17) is 4.74 Å². The molecular weight excluding hydrogens is 316 g/mol. The molecule has 1 N–H and O–H groups in total. The van der Waals surface area contributed by atoms with Crippen LogP contribution in [-0.2, 0) is 4.79 Å². The minimum Gasteiger partial charge on any atom is -0.497 e. The third kappa shape index (κ3) is 3.54. The van der Waals surface area contributed by atoms with Crippen molar-refractivity contribution in [3.05, 3.63) is 36.7 Å². The first-order chi connectivity index (χ1) is 12.2. The van der Waals surface area contributed by atoms with Gasteiger partial charge in [-0.2, -0.15) is 5.10 Å². The molecule has 6 nitrogen and oxygen atoms in total. The number of hydrogen-bond donors (Lipinski definition) is 1. The average molecular weight is 340 g/mol. The molecule has 132 valence electrons. The van der Waals surface area contributed by atoms with E-state index in [-0.39, 0.29) is 11.9 Å². The topological polar surface area (TPSA) is 59.4 Å². The zero-order valence-corrected chi connectivity index (χ0v) is 14.5. The molecule has 2 heterocycles. The summed E-state index contributed by atoms with van der Waals surface area (Å²) < 4.78 is 7.15. The minimum atomic E-state index is 0.00172. The summed E-state index contributed by atoms with van der Waals surface area (Å²) in [5.74, 6) is 1.31. The van der Waals surface area contributed by atoms with Gasteiger partial charge in [0.25, 0.3) is 0 Å². The lowest BCUT2D eigenvalue weighted by atomic mass is 10.1. The Bertz CT molecular complexity index is 734. The smallest absolute Gasteiger partial charge is 0.242 e. The van der Waals surface area contributed by atoms with E-state index in [9.17, 15) is 4.79 Å². The fourth-order valence-electron chi connectivity index (χ4n) is 3.65. The fraction of sp³-hybridized carbons (Fsp3) is 0.474. The van der Waals surface area contributed by atoms with Crippen molar-refractivity contribution in [2.45, 2.75) is 31.7 Å². The lowest BCUT2D eigenvalue weighted by Crippen LogP contribution is -2.44. The molecule has 1 saturated heterocycles. The fourth-order valence-corrected chi connectivity index (χ4v) is 3.65. The molecule has 1 aliphatic heterocycles. The Hall–Kier alpha value is -2.34. The van der Waals surface area contributed by atoms with E-state index < -0.39 is 0 Å². The maximum atomic E-state index is 13.0. The van der Waals surface area contributed by atoms with Crippen molar-refractivity contribution in [1.29, 1.82) is 0 Å². The van der Waals surface area contributed by atoms with E-state index in [1.54, 1.807) is 18.0 Å². The van der Waals surface area contributed by atoms with Crippen LogP contribution in [0, 0.1) is 5.92 Å². The molecule has 2 aromatic rings. The zero-order chi connectivity index (χ0) is 17.2. The number of aromatic nitrogens is 2. The molecule has 0 bridgehead atoms. The van der Waals surface area contributed by atoms with E-state index in [0.29, 0.717) is 11.7 Å². The molecule has 25 heavy (non-hydrogen) atoms. The summed E-state index contributed by atoms with van der Waals surface area (Å²) >= 11 is 0. The third-order valence-corrected chi connectivity index (χ3v) is 5.03. The van der Waals surface area contributed by atoms with E-state index in [2.05, 4.69) is 15.3 Å². The molecule has 1 saturated carbocycles. The number of likely N-dealkylation sites (tertiary alicyclic amines) is 1. The van der Waals surface area contributed by atoms with Gasteiger partial charge in [0.05, 0.1) is 18.8 Å². The molecule has 1 unspecified atom stereocenters. The second-order valence-corrected chi connectivity index (χ2v) is 6.88. The highest BCUT2D eigenvalue weighted by Gasteiger charge is 2.40. The molecule has 4 rings (SSSR count). The van der Waals surface area contributed by atoms with Crippen LogP contribution in [0.15, 0.2) is 36.7 Å². The largest absolute Gasteiger partial charge is 0.497 e. The lowest BCUT2D eigenvalue weighted by molar-refractivity contribution is -0.121. The summed E-state index contributed by atoms with van der Waals surface area (Å²) in [6.07, 6.45) is 8.31. The SMILES string of the molecule is COc1cc(NC(=O)C(C2CC2)N2CCCC2)cc(-n2cccn2)c1. The van der Waals surface area contributed by atoms with Crippen LogP contribution in [-0.4, -0.2) is 46.8 Å². The molecule has 2 fully saturated rings. The third-order valence-electron chi connectivity index (χ3n) is 5.03. The van der Waals surface area contributed by atoms with Gasteiger partial charge in [-0.3, -0.25) is 9.69 Å². The van der Waals surface area contributed by atoms with Gasteiger partial charge in [0, 0.05) is 30.2 Å². The van der Waals surface area contributed by atoms with Crippen molar-refractivity contribution >= 4 is 11.6 Å². The summed E-state index contributed by atoms with van der Waals surface area (Å²) in [6, 6.07) is 7.57. The maximum Gasteiger partial charge on any atom is 0.242 e. The van der Waals surface area contributed by atoms with Crippen molar-refractivity contribution < 1.29 is 9.53 Å². The molecule has 0 radical (unpaired) electrons. The number of methoxy groups -OCH3 is 1. The summed E-state index contributed by atoms with van der Waals surface area (Å²) in [6.45, 7) is 2.07. The van der Waals surface area contributed by atoms with Gasteiger partial charge in [-0.15, -0.1) is 0 Å². The number of ether oxygens (including phenoxy) is 1. The van der Waals surface area contributed by atoms with Crippen LogP contribution >= 0.6 is 0 Å². The van der Waals surface area contributed by atoms with Gasteiger partial charge in [0.15, 0.2) is 0 Å². The Balaban J connectivity index is 1.56. The molecule has 1 aromatic carbocycles. The van der Waals surface area contributed by atoms with Gasteiger partial charge in [0.2, 0.25) is 5.91 Å². The molecule has 2 aliphatic rings. The second kappa shape index (κ2) is 6.88. The van der Waals surface area contributed by atoms with Crippen LogP contribution in [0.3, 0.4) is 0 Å². The van der Waals surface area contributed by atoms with Gasteiger partial charge >= 0.3 is 0 Å². The number of anilines is 1. The van der Waals surface area contributed by atoms with Gasteiger partial charge in [-0.25, -0.2) is 4.68 Å². The van der Waals surface area contributed by atoms with Gasteiger partial charge < -0.3 is 10.1 Å². The van der Waals surface area contributed by atoms with Crippen LogP contribution < -0.4 is 10.1 Å². The zero-order valence-electron chi connectivity index (χ0n) is 14.5. The predicted octanol–water partition coefficient (Wildman–Crippen LogP) is 2.69.